The minimum atomic E-state index is -0.290. The van der Waals surface area contributed by atoms with Crippen LogP contribution in [0.3, 0.4) is 0 Å². The van der Waals surface area contributed by atoms with Gasteiger partial charge in [-0.15, -0.1) is 0 Å². The molecule has 1 aromatic heterocycles. The molecular formula is C12H16ClN3O2. The van der Waals surface area contributed by atoms with Gasteiger partial charge in [0.25, 0.3) is 5.91 Å². The van der Waals surface area contributed by atoms with E-state index in [4.69, 9.17) is 11.6 Å². The Morgan fingerprint density at radius 3 is 2.72 bits per heavy atom. The molecule has 0 atom stereocenters. The highest BCUT2D eigenvalue weighted by Gasteiger charge is 2.19. The summed E-state index contributed by atoms with van der Waals surface area (Å²) in [6.07, 6.45) is 1.51. The molecule has 98 valence electrons. The molecule has 6 heteroatoms. The summed E-state index contributed by atoms with van der Waals surface area (Å²) in [6.45, 7) is 4.63. The highest BCUT2D eigenvalue weighted by atomic mass is 35.5. The topological polar surface area (TPSA) is 62.3 Å². The van der Waals surface area contributed by atoms with Gasteiger partial charge < -0.3 is 10.2 Å². The summed E-state index contributed by atoms with van der Waals surface area (Å²) >= 11 is 5.86. The Labute approximate surface area is 111 Å². The lowest BCUT2D eigenvalue weighted by Gasteiger charge is -2.20. The van der Waals surface area contributed by atoms with Crippen LogP contribution in [0.5, 0.6) is 0 Å². The van der Waals surface area contributed by atoms with E-state index in [1.54, 1.807) is 19.1 Å². The van der Waals surface area contributed by atoms with E-state index in [1.807, 2.05) is 6.92 Å². The molecule has 18 heavy (non-hydrogen) atoms. The van der Waals surface area contributed by atoms with E-state index in [0.29, 0.717) is 18.7 Å². The molecule has 1 aromatic rings. The Balaban J connectivity index is 2.80. The third kappa shape index (κ3) is 3.70. The van der Waals surface area contributed by atoms with Crippen molar-refractivity contribution in [1.82, 2.24) is 15.2 Å². The predicted octanol–water partition coefficient (Wildman–Crippen LogP) is 1.33. The van der Waals surface area contributed by atoms with Crippen LogP contribution in [0.1, 0.15) is 24.2 Å². The molecule has 1 heterocycles. The fourth-order valence-electron chi connectivity index (χ4n) is 1.47. The molecule has 0 aliphatic heterocycles. The normalized spacial score (nSPS) is 9.94. The third-order valence-corrected chi connectivity index (χ3v) is 2.67. The molecule has 0 radical (unpaired) electrons. The zero-order chi connectivity index (χ0) is 13.5. The third-order valence-electron chi connectivity index (χ3n) is 2.37. The number of carbonyl (C=O) groups excluding carboxylic acids is 2. The molecular weight excluding hydrogens is 254 g/mol. The molecule has 1 rings (SSSR count). The number of carbonyl (C=O) groups is 2. The Morgan fingerprint density at radius 2 is 2.17 bits per heavy atom. The largest absolute Gasteiger partial charge is 0.355 e. The Bertz CT molecular complexity index is 437. The fraction of sp³-hybridized carbons (Fsp3) is 0.417. The number of nitrogens with one attached hydrogen (secondary N) is 1. The second kappa shape index (κ2) is 6.96. The highest BCUT2D eigenvalue weighted by molar-refractivity contribution is 6.32. The lowest BCUT2D eigenvalue weighted by atomic mass is 10.2. The Hall–Kier alpha value is -1.62. The number of aromatic nitrogens is 1. The van der Waals surface area contributed by atoms with Crippen LogP contribution in [0, 0.1) is 0 Å². The molecule has 0 aliphatic carbocycles. The molecule has 0 fully saturated rings. The van der Waals surface area contributed by atoms with Gasteiger partial charge in [-0.3, -0.25) is 9.59 Å². The maximum Gasteiger partial charge on any atom is 0.257 e. The lowest BCUT2D eigenvalue weighted by molar-refractivity contribution is -0.121. The Morgan fingerprint density at radius 1 is 1.44 bits per heavy atom. The molecule has 2 amide bonds. The Kier molecular flexibility index (Phi) is 5.58. The number of pyridine rings is 1. The first-order chi connectivity index (χ1) is 8.60. The highest BCUT2D eigenvalue weighted by Crippen LogP contribution is 2.14. The van der Waals surface area contributed by atoms with E-state index in [2.05, 4.69) is 10.3 Å². The molecule has 0 saturated carbocycles. The van der Waals surface area contributed by atoms with Crippen molar-refractivity contribution in [2.45, 2.75) is 13.8 Å². The van der Waals surface area contributed by atoms with Crippen LogP contribution in [-0.2, 0) is 4.79 Å². The van der Waals surface area contributed by atoms with Crippen LogP contribution >= 0.6 is 11.6 Å². The minimum absolute atomic E-state index is 0.0222. The van der Waals surface area contributed by atoms with E-state index < -0.39 is 0 Å². The molecule has 0 aromatic carbocycles. The van der Waals surface area contributed by atoms with Gasteiger partial charge in [0.05, 0.1) is 12.1 Å². The van der Waals surface area contributed by atoms with Crippen molar-refractivity contribution >= 4 is 23.4 Å². The summed E-state index contributed by atoms with van der Waals surface area (Å²) < 4.78 is 0. The zero-order valence-corrected chi connectivity index (χ0v) is 11.2. The molecule has 0 spiro atoms. The van der Waals surface area contributed by atoms with Gasteiger partial charge in [-0.2, -0.15) is 0 Å². The van der Waals surface area contributed by atoms with Gasteiger partial charge in [-0.05, 0) is 26.0 Å². The quantitative estimate of drug-likeness (QED) is 0.821. The van der Waals surface area contributed by atoms with Crippen LogP contribution < -0.4 is 5.32 Å². The van der Waals surface area contributed by atoms with Crippen molar-refractivity contribution in [2.24, 2.45) is 0 Å². The van der Waals surface area contributed by atoms with Crippen LogP contribution in [0.15, 0.2) is 18.3 Å². The van der Waals surface area contributed by atoms with Crippen LogP contribution in [0.4, 0.5) is 0 Å². The predicted molar refractivity (Wildman–Crippen MR) is 69.5 cm³/mol. The zero-order valence-electron chi connectivity index (χ0n) is 10.4. The van der Waals surface area contributed by atoms with Crippen molar-refractivity contribution in [3.8, 4) is 0 Å². The molecule has 0 aliphatic rings. The SMILES string of the molecule is CCNC(=O)CN(CC)C(=O)c1cccnc1Cl. The van der Waals surface area contributed by atoms with Gasteiger partial charge in [-0.1, -0.05) is 11.6 Å². The molecule has 0 bridgehead atoms. The first kappa shape index (κ1) is 14.4. The number of amides is 2. The van der Waals surface area contributed by atoms with Gasteiger partial charge >= 0.3 is 0 Å². The standard InChI is InChI=1S/C12H16ClN3O2/c1-3-14-10(17)8-16(4-2)12(18)9-6-5-7-15-11(9)13/h5-7H,3-4,8H2,1-2H3,(H,14,17). The summed E-state index contributed by atoms with van der Waals surface area (Å²) in [6, 6.07) is 3.23. The number of likely N-dealkylation sites (N-methyl/N-ethyl adjacent to an activating group) is 2. The van der Waals surface area contributed by atoms with E-state index in [1.165, 1.54) is 11.1 Å². The number of hydrogen-bond donors (Lipinski definition) is 1. The summed E-state index contributed by atoms with van der Waals surface area (Å²) in [5, 5.41) is 2.80. The second-order valence-electron chi connectivity index (χ2n) is 3.61. The fourth-order valence-corrected chi connectivity index (χ4v) is 1.67. The molecule has 1 N–H and O–H groups in total. The van der Waals surface area contributed by atoms with E-state index in [9.17, 15) is 9.59 Å². The van der Waals surface area contributed by atoms with Crippen molar-refractivity contribution in [2.75, 3.05) is 19.6 Å². The van der Waals surface area contributed by atoms with Gasteiger partial charge in [0, 0.05) is 19.3 Å². The molecule has 5 nitrogen and oxygen atoms in total. The van der Waals surface area contributed by atoms with Gasteiger partial charge in [-0.25, -0.2) is 4.98 Å². The average Bonchev–Trinajstić information content (AvgIpc) is 2.36. The van der Waals surface area contributed by atoms with Crippen LogP contribution in [-0.4, -0.2) is 41.3 Å². The summed E-state index contributed by atoms with van der Waals surface area (Å²) in [4.78, 5) is 28.9. The first-order valence-electron chi connectivity index (χ1n) is 5.76. The number of hydrogen-bond acceptors (Lipinski definition) is 3. The van der Waals surface area contributed by atoms with Crippen molar-refractivity contribution < 1.29 is 9.59 Å². The van der Waals surface area contributed by atoms with E-state index >= 15 is 0 Å². The van der Waals surface area contributed by atoms with E-state index in [-0.39, 0.29) is 23.5 Å². The monoisotopic (exact) mass is 269 g/mol. The smallest absolute Gasteiger partial charge is 0.257 e. The van der Waals surface area contributed by atoms with Gasteiger partial charge in [0.15, 0.2) is 0 Å². The van der Waals surface area contributed by atoms with Crippen molar-refractivity contribution in [1.29, 1.82) is 0 Å². The number of rotatable bonds is 5. The molecule has 0 saturated heterocycles. The summed E-state index contributed by atoms with van der Waals surface area (Å²) in [5.74, 6) is -0.477. The number of halogens is 1. The molecule has 0 unspecified atom stereocenters. The maximum absolute atomic E-state index is 12.2. The van der Waals surface area contributed by atoms with Crippen LogP contribution in [0.2, 0.25) is 5.15 Å². The van der Waals surface area contributed by atoms with Gasteiger partial charge in [0.2, 0.25) is 5.91 Å². The second-order valence-corrected chi connectivity index (χ2v) is 3.97. The van der Waals surface area contributed by atoms with Crippen molar-refractivity contribution in [3.05, 3.63) is 29.0 Å². The van der Waals surface area contributed by atoms with Crippen LogP contribution in [0.25, 0.3) is 0 Å². The first-order valence-corrected chi connectivity index (χ1v) is 6.14. The summed E-state index contributed by atoms with van der Waals surface area (Å²) in [5.41, 5.74) is 0.310. The van der Waals surface area contributed by atoms with Crippen molar-refractivity contribution in [3.63, 3.8) is 0 Å². The minimum Gasteiger partial charge on any atom is -0.355 e. The lowest BCUT2D eigenvalue weighted by Crippen LogP contribution is -2.40. The maximum atomic E-state index is 12.2. The number of nitrogens with zero attached hydrogens (tertiary/aromatic N) is 2. The van der Waals surface area contributed by atoms with Gasteiger partial charge in [0.1, 0.15) is 5.15 Å². The van der Waals surface area contributed by atoms with E-state index in [0.717, 1.165) is 0 Å². The average molecular weight is 270 g/mol. The summed E-state index contributed by atoms with van der Waals surface area (Å²) in [7, 11) is 0.